The van der Waals surface area contributed by atoms with Gasteiger partial charge < -0.3 is 14.4 Å². The second-order valence-corrected chi connectivity index (χ2v) is 6.15. The van der Waals surface area contributed by atoms with Crippen molar-refractivity contribution in [1.82, 2.24) is 0 Å². The molecule has 23 heavy (non-hydrogen) atoms. The number of methoxy groups -OCH3 is 2. The molecule has 0 N–H and O–H groups in total. The molecule has 2 rings (SSSR count). The first kappa shape index (κ1) is 17.2. The Balaban J connectivity index is 2.18. The predicted octanol–water partition coefficient (Wildman–Crippen LogP) is 4.76. The Hall–Kier alpha value is -2.16. The van der Waals surface area contributed by atoms with Crippen molar-refractivity contribution in [3.05, 3.63) is 54.1 Å². The molecular weight excluding hydrogens is 286 g/mol. The van der Waals surface area contributed by atoms with Crippen molar-refractivity contribution in [2.45, 2.75) is 26.8 Å². The molecule has 0 aliphatic rings. The monoisotopic (exact) mass is 313 g/mol. The summed E-state index contributed by atoms with van der Waals surface area (Å²) in [6.07, 6.45) is 1.16. The van der Waals surface area contributed by atoms with E-state index in [1.54, 1.807) is 14.2 Å². The van der Waals surface area contributed by atoms with Gasteiger partial charge in [-0.2, -0.15) is 0 Å². The molecule has 0 saturated carbocycles. The lowest BCUT2D eigenvalue weighted by Crippen LogP contribution is -2.24. The number of hydrogen-bond donors (Lipinski definition) is 0. The van der Waals surface area contributed by atoms with Crippen LogP contribution in [0.3, 0.4) is 0 Å². The van der Waals surface area contributed by atoms with Crippen LogP contribution in [0, 0.1) is 5.92 Å². The molecule has 0 unspecified atom stereocenters. The molecule has 0 bridgehead atoms. The highest BCUT2D eigenvalue weighted by molar-refractivity contribution is 5.51. The highest BCUT2D eigenvalue weighted by Crippen LogP contribution is 2.24. The number of hydrogen-bond acceptors (Lipinski definition) is 3. The van der Waals surface area contributed by atoms with Crippen LogP contribution in [0.25, 0.3) is 0 Å². The molecule has 3 nitrogen and oxygen atoms in total. The fourth-order valence-corrected chi connectivity index (χ4v) is 2.47. The largest absolute Gasteiger partial charge is 0.497 e. The molecule has 2 aromatic rings. The van der Waals surface area contributed by atoms with E-state index in [4.69, 9.17) is 9.47 Å². The summed E-state index contributed by atoms with van der Waals surface area (Å²) in [5.41, 5.74) is 2.47. The van der Waals surface area contributed by atoms with Crippen molar-refractivity contribution in [3.8, 4) is 11.5 Å². The molecule has 0 radical (unpaired) electrons. The number of benzene rings is 2. The maximum Gasteiger partial charge on any atom is 0.120 e. The van der Waals surface area contributed by atoms with E-state index in [1.807, 2.05) is 24.3 Å². The summed E-state index contributed by atoms with van der Waals surface area (Å²) in [6, 6.07) is 16.6. The van der Waals surface area contributed by atoms with Crippen molar-refractivity contribution in [2.75, 3.05) is 25.7 Å². The fraction of sp³-hybridized carbons (Fsp3) is 0.400. The Labute approximate surface area is 139 Å². The summed E-state index contributed by atoms with van der Waals surface area (Å²) in [5, 5.41) is 0. The number of anilines is 1. The van der Waals surface area contributed by atoms with E-state index in [1.165, 1.54) is 11.3 Å². The molecule has 0 atom stereocenters. The van der Waals surface area contributed by atoms with Gasteiger partial charge in [-0.1, -0.05) is 32.0 Å². The molecule has 124 valence electrons. The van der Waals surface area contributed by atoms with E-state index in [0.717, 1.165) is 31.0 Å². The van der Waals surface area contributed by atoms with Gasteiger partial charge in [-0.3, -0.25) is 0 Å². The van der Waals surface area contributed by atoms with Gasteiger partial charge in [-0.25, -0.2) is 0 Å². The topological polar surface area (TPSA) is 21.7 Å². The van der Waals surface area contributed by atoms with E-state index in [2.05, 4.69) is 43.0 Å². The molecule has 0 saturated heterocycles. The van der Waals surface area contributed by atoms with Gasteiger partial charge >= 0.3 is 0 Å². The molecule has 0 amide bonds. The Morgan fingerprint density at radius 1 is 0.913 bits per heavy atom. The lowest BCUT2D eigenvalue weighted by atomic mass is 10.1. The van der Waals surface area contributed by atoms with Gasteiger partial charge in [-0.15, -0.1) is 0 Å². The molecule has 0 spiro atoms. The van der Waals surface area contributed by atoms with Gasteiger partial charge in [0.25, 0.3) is 0 Å². The predicted molar refractivity (Wildman–Crippen MR) is 96.5 cm³/mol. The standard InChI is InChI=1S/C20H27NO2/c1-16(2)12-13-21(18-6-5-7-20(14-18)23-4)15-17-8-10-19(22-3)11-9-17/h5-11,14,16H,12-13,15H2,1-4H3. The number of rotatable bonds is 8. The van der Waals surface area contributed by atoms with Crippen LogP contribution < -0.4 is 14.4 Å². The van der Waals surface area contributed by atoms with E-state index in [-0.39, 0.29) is 0 Å². The second-order valence-electron chi connectivity index (χ2n) is 6.15. The molecular formula is C20H27NO2. The van der Waals surface area contributed by atoms with Crippen molar-refractivity contribution in [2.24, 2.45) is 5.92 Å². The van der Waals surface area contributed by atoms with Crippen molar-refractivity contribution >= 4 is 5.69 Å². The van der Waals surface area contributed by atoms with Crippen LogP contribution in [0.4, 0.5) is 5.69 Å². The van der Waals surface area contributed by atoms with Gasteiger partial charge in [0.15, 0.2) is 0 Å². The fourth-order valence-electron chi connectivity index (χ4n) is 2.47. The minimum absolute atomic E-state index is 0.680. The van der Waals surface area contributed by atoms with Crippen LogP contribution in [0.1, 0.15) is 25.8 Å². The average Bonchev–Trinajstić information content (AvgIpc) is 2.59. The number of ether oxygens (including phenoxy) is 2. The summed E-state index contributed by atoms with van der Waals surface area (Å²) in [6.45, 7) is 6.43. The van der Waals surface area contributed by atoms with E-state index in [9.17, 15) is 0 Å². The van der Waals surface area contributed by atoms with Gasteiger partial charge in [0, 0.05) is 24.8 Å². The summed E-state index contributed by atoms with van der Waals surface area (Å²) in [5.74, 6) is 2.47. The van der Waals surface area contributed by atoms with Crippen LogP contribution in [0.2, 0.25) is 0 Å². The SMILES string of the molecule is COc1ccc(CN(CCC(C)C)c2cccc(OC)c2)cc1. The molecule has 0 fully saturated rings. The summed E-state index contributed by atoms with van der Waals surface area (Å²) >= 11 is 0. The van der Waals surface area contributed by atoms with Gasteiger partial charge in [-0.05, 0) is 42.2 Å². The highest BCUT2D eigenvalue weighted by atomic mass is 16.5. The molecule has 3 heteroatoms. The van der Waals surface area contributed by atoms with Crippen LogP contribution in [-0.4, -0.2) is 20.8 Å². The lowest BCUT2D eigenvalue weighted by molar-refractivity contribution is 0.414. The van der Waals surface area contributed by atoms with Crippen LogP contribution >= 0.6 is 0 Å². The lowest BCUT2D eigenvalue weighted by Gasteiger charge is -2.26. The highest BCUT2D eigenvalue weighted by Gasteiger charge is 2.10. The maximum atomic E-state index is 5.37. The first-order valence-corrected chi connectivity index (χ1v) is 8.14. The minimum Gasteiger partial charge on any atom is -0.497 e. The van der Waals surface area contributed by atoms with E-state index < -0.39 is 0 Å². The minimum atomic E-state index is 0.680. The molecule has 0 aliphatic carbocycles. The Kier molecular flexibility index (Phi) is 6.33. The quantitative estimate of drug-likeness (QED) is 0.701. The summed E-state index contributed by atoms with van der Waals surface area (Å²) in [7, 11) is 3.40. The first-order valence-electron chi connectivity index (χ1n) is 8.14. The summed E-state index contributed by atoms with van der Waals surface area (Å²) < 4.78 is 10.6. The zero-order valence-electron chi connectivity index (χ0n) is 14.6. The molecule has 0 heterocycles. The molecule has 2 aromatic carbocycles. The Bertz CT molecular complexity index is 593. The zero-order chi connectivity index (χ0) is 16.7. The summed E-state index contributed by atoms with van der Waals surface area (Å²) in [4.78, 5) is 2.41. The van der Waals surface area contributed by atoms with E-state index >= 15 is 0 Å². The smallest absolute Gasteiger partial charge is 0.120 e. The second kappa shape index (κ2) is 8.47. The maximum absolute atomic E-state index is 5.37. The van der Waals surface area contributed by atoms with Crippen LogP contribution in [0.15, 0.2) is 48.5 Å². The zero-order valence-corrected chi connectivity index (χ0v) is 14.6. The third-order valence-electron chi connectivity index (χ3n) is 3.93. The first-order chi connectivity index (χ1) is 11.1. The third-order valence-corrected chi connectivity index (χ3v) is 3.93. The third kappa shape index (κ3) is 5.20. The van der Waals surface area contributed by atoms with Crippen molar-refractivity contribution in [1.29, 1.82) is 0 Å². The number of nitrogens with zero attached hydrogens (tertiary/aromatic N) is 1. The van der Waals surface area contributed by atoms with Gasteiger partial charge in [0.1, 0.15) is 11.5 Å². The Morgan fingerprint density at radius 3 is 2.22 bits per heavy atom. The molecule has 0 aromatic heterocycles. The van der Waals surface area contributed by atoms with Crippen molar-refractivity contribution in [3.63, 3.8) is 0 Å². The Morgan fingerprint density at radius 2 is 1.61 bits per heavy atom. The normalized spacial score (nSPS) is 10.7. The van der Waals surface area contributed by atoms with Crippen LogP contribution in [0.5, 0.6) is 11.5 Å². The van der Waals surface area contributed by atoms with Crippen molar-refractivity contribution < 1.29 is 9.47 Å². The van der Waals surface area contributed by atoms with Gasteiger partial charge in [0.2, 0.25) is 0 Å². The van der Waals surface area contributed by atoms with Gasteiger partial charge in [0.05, 0.1) is 14.2 Å². The van der Waals surface area contributed by atoms with Crippen LogP contribution in [-0.2, 0) is 6.54 Å². The molecule has 0 aliphatic heterocycles. The van der Waals surface area contributed by atoms with E-state index in [0.29, 0.717) is 5.92 Å². The average molecular weight is 313 g/mol.